The number of methoxy groups -OCH3 is 1. The van der Waals surface area contributed by atoms with Crippen molar-refractivity contribution in [1.29, 1.82) is 0 Å². The average Bonchev–Trinajstić information content (AvgIpc) is 2.22. The van der Waals surface area contributed by atoms with E-state index in [0.717, 1.165) is 11.4 Å². The van der Waals surface area contributed by atoms with Gasteiger partial charge < -0.3 is 10.5 Å². The maximum absolute atomic E-state index is 11.9. The molecule has 16 heavy (non-hydrogen) atoms. The number of ether oxygens (including phenoxy) is 1. The summed E-state index contributed by atoms with van der Waals surface area (Å²) in [4.78, 5) is 11.2. The summed E-state index contributed by atoms with van der Waals surface area (Å²) in [6.45, 7) is 3.03. The fourth-order valence-electron chi connectivity index (χ4n) is 1.07. The second kappa shape index (κ2) is 6.12. The zero-order chi connectivity index (χ0) is 12.9. The van der Waals surface area contributed by atoms with Crippen LogP contribution in [0.5, 0.6) is 0 Å². The number of nitrogens with zero attached hydrogens (tertiary/aromatic N) is 1. The monoisotopic (exact) mass is 268 g/mol. The standard InChI is InChI=1S/C8H16N2O4S2/c1-4-10(5-7(9)15)16(12,13)6(2)8(11)14-3/h6H,4-5H2,1-3H3,(H2,9,15). The van der Waals surface area contributed by atoms with E-state index < -0.39 is 21.2 Å². The number of hydrogen-bond donors (Lipinski definition) is 1. The minimum absolute atomic E-state index is 0.0579. The van der Waals surface area contributed by atoms with E-state index in [-0.39, 0.29) is 18.1 Å². The lowest BCUT2D eigenvalue weighted by molar-refractivity contribution is -0.139. The third-order valence-corrected chi connectivity index (χ3v) is 4.35. The molecule has 8 heteroatoms. The van der Waals surface area contributed by atoms with Gasteiger partial charge in [0.05, 0.1) is 18.6 Å². The molecule has 1 atom stereocenters. The fraction of sp³-hybridized carbons (Fsp3) is 0.750. The van der Waals surface area contributed by atoms with Crippen LogP contribution in [0.25, 0.3) is 0 Å². The van der Waals surface area contributed by atoms with Crippen LogP contribution in [0.2, 0.25) is 0 Å². The van der Waals surface area contributed by atoms with Crippen LogP contribution in [0.1, 0.15) is 13.8 Å². The zero-order valence-electron chi connectivity index (χ0n) is 9.47. The van der Waals surface area contributed by atoms with Crippen LogP contribution in [-0.2, 0) is 19.6 Å². The van der Waals surface area contributed by atoms with Crippen molar-refractivity contribution in [3.05, 3.63) is 0 Å². The van der Waals surface area contributed by atoms with Crippen molar-refractivity contribution in [3.8, 4) is 0 Å². The van der Waals surface area contributed by atoms with E-state index in [9.17, 15) is 13.2 Å². The van der Waals surface area contributed by atoms with Crippen molar-refractivity contribution < 1.29 is 17.9 Å². The molecule has 0 radical (unpaired) electrons. The lowest BCUT2D eigenvalue weighted by Gasteiger charge is -2.22. The quantitative estimate of drug-likeness (QED) is 0.515. The molecule has 1 unspecified atom stereocenters. The molecular weight excluding hydrogens is 252 g/mol. The number of esters is 1. The van der Waals surface area contributed by atoms with Gasteiger partial charge >= 0.3 is 5.97 Å². The number of likely N-dealkylation sites (N-methyl/N-ethyl adjacent to an activating group) is 1. The van der Waals surface area contributed by atoms with Gasteiger partial charge in [-0.25, -0.2) is 8.42 Å². The lowest BCUT2D eigenvalue weighted by Crippen LogP contribution is -2.44. The van der Waals surface area contributed by atoms with Crippen LogP contribution in [0.4, 0.5) is 0 Å². The van der Waals surface area contributed by atoms with Gasteiger partial charge in [-0.1, -0.05) is 19.1 Å². The van der Waals surface area contributed by atoms with Gasteiger partial charge in [0.2, 0.25) is 10.0 Å². The Balaban J connectivity index is 5.00. The van der Waals surface area contributed by atoms with Gasteiger partial charge in [-0.05, 0) is 6.92 Å². The van der Waals surface area contributed by atoms with Gasteiger partial charge in [-0.2, -0.15) is 4.31 Å². The minimum Gasteiger partial charge on any atom is -0.468 e. The smallest absolute Gasteiger partial charge is 0.325 e. The molecule has 94 valence electrons. The molecule has 0 aromatic carbocycles. The van der Waals surface area contributed by atoms with Crippen LogP contribution >= 0.6 is 12.2 Å². The highest BCUT2D eigenvalue weighted by Crippen LogP contribution is 2.10. The lowest BCUT2D eigenvalue weighted by atomic mass is 10.5. The Morgan fingerprint density at radius 3 is 2.38 bits per heavy atom. The van der Waals surface area contributed by atoms with Crippen LogP contribution in [-0.4, -0.2) is 49.1 Å². The van der Waals surface area contributed by atoms with Crippen LogP contribution in [0.3, 0.4) is 0 Å². The van der Waals surface area contributed by atoms with Crippen molar-refractivity contribution >= 4 is 33.2 Å². The first-order chi connectivity index (χ1) is 7.27. The van der Waals surface area contributed by atoms with E-state index in [0.29, 0.717) is 0 Å². The molecule has 0 bridgehead atoms. The molecule has 0 saturated heterocycles. The third kappa shape index (κ3) is 3.69. The van der Waals surface area contributed by atoms with Gasteiger partial charge in [0.15, 0.2) is 5.25 Å². The average molecular weight is 268 g/mol. The SMILES string of the molecule is CCN(CC(N)=S)S(=O)(=O)C(C)C(=O)OC. The van der Waals surface area contributed by atoms with Gasteiger partial charge in [-0.3, -0.25) is 4.79 Å². The molecular formula is C8H16N2O4S2. The molecule has 0 rings (SSSR count). The van der Waals surface area contributed by atoms with Crippen molar-refractivity contribution in [2.45, 2.75) is 19.1 Å². The fourth-order valence-corrected chi connectivity index (χ4v) is 2.77. The second-order valence-electron chi connectivity index (χ2n) is 3.10. The number of carbonyl (C=O) groups excluding carboxylic acids is 1. The van der Waals surface area contributed by atoms with E-state index in [1.807, 2.05) is 0 Å². The van der Waals surface area contributed by atoms with Crippen LogP contribution < -0.4 is 5.73 Å². The molecule has 2 N–H and O–H groups in total. The van der Waals surface area contributed by atoms with Gasteiger partial charge in [0.1, 0.15) is 0 Å². The van der Waals surface area contributed by atoms with Gasteiger partial charge in [-0.15, -0.1) is 0 Å². The molecule has 0 fully saturated rings. The van der Waals surface area contributed by atoms with Crippen molar-refractivity contribution in [1.82, 2.24) is 4.31 Å². The molecule has 0 aliphatic rings. The Hall–Kier alpha value is -0.730. The molecule has 0 aromatic rings. The maximum atomic E-state index is 11.9. The summed E-state index contributed by atoms with van der Waals surface area (Å²) in [5.74, 6) is -0.804. The summed E-state index contributed by atoms with van der Waals surface area (Å²) in [7, 11) is -2.63. The highest BCUT2D eigenvalue weighted by molar-refractivity contribution is 7.90. The highest BCUT2D eigenvalue weighted by atomic mass is 32.2. The Bertz CT molecular complexity index is 366. The number of hydrogen-bond acceptors (Lipinski definition) is 5. The van der Waals surface area contributed by atoms with Crippen molar-refractivity contribution in [2.75, 3.05) is 20.2 Å². The van der Waals surface area contributed by atoms with Crippen LogP contribution in [0, 0.1) is 0 Å². The van der Waals surface area contributed by atoms with E-state index in [1.165, 1.54) is 6.92 Å². The number of carbonyl (C=O) groups is 1. The van der Waals surface area contributed by atoms with Gasteiger partial charge in [0, 0.05) is 6.54 Å². The topological polar surface area (TPSA) is 89.7 Å². The molecule has 0 aromatic heterocycles. The number of nitrogens with two attached hydrogens (primary N) is 1. The number of rotatable bonds is 6. The Morgan fingerprint density at radius 2 is 2.06 bits per heavy atom. The molecule has 0 amide bonds. The van der Waals surface area contributed by atoms with Gasteiger partial charge in [0.25, 0.3) is 0 Å². The Morgan fingerprint density at radius 1 is 1.56 bits per heavy atom. The molecule has 0 aliphatic heterocycles. The number of sulfonamides is 1. The van der Waals surface area contributed by atoms with Crippen molar-refractivity contribution in [3.63, 3.8) is 0 Å². The predicted octanol–water partition coefficient (Wildman–Crippen LogP) is -0.514. The Kier molecular flexibility index (Phi) is 5.84. The summed E-state index contributed by atoms with van der Waals surface area (Å²) in [5.41, 5.74) is 5.28. The Labute approximate surface area is 101 Å². The number of thiocarbonyl (C=S) groups is 1. The summed E-state index contributed by atoms with van der Waals surface area (Å²) in [6, 6.07) is 0. The van der Waals surface area contributed by atoms with Crippen LogP contribution in [0.15, 0.2) is 0 Å². The maximum Gasteiger partial charge on any atom is 0.325 e. The predicted molar refractivity (Wildman–Crippen MR) is 64.4 cm³/mol. The van der Waals surface area contributed by atoms with E-state index in [2.05, 4.69) is 17.0 Å². The molecule has 0 aliphatic carbocycles. The largest absolute Gasteiger partial charge is 0.468 e. The van der Waals surface area contributed by atoms with E-state index in [1.54, 1.807) is 6.92 Å². The molecule has 0 heterocycles. The van der Waals surface area contributed by atoms with Crippen molar-refractivity contribution in [2.24, 2.45) is 5.73 Å². The summed E-state index contributed by atoms with van der Waals surface area (Å²) in [6.07, 6.45) is 0. The summed E-state index contributed by atoms with van der Waals surface area (Å²) >= 11 is 4.64. The second-order valence-corrected chi connectivity index (χ2v) is 5.88. The molecule has 0 saturated carbocycles. The highest BCUT2D eigenvalue weighted by Gasteiger charge is 2.33. The normalized spacial score (nSPS) is 13.5. The zero-order valence-corrected chi connectivity index (χ0v) is 11.1. The van der Waals surface area contributed by atoms with E-state index >= 15 is 0 Å². The minimum atomic E-state index is -3.77. The molecule has 6 nitrogen and oxygen atoms in total. The first-order valence-electron chi connectivity index (χ1n) is 4.62. The first kappa shape index (κ1) is 15.3. The molecule has 0 spiro atoms. The third-order valence-electron chi connectivity index (χ3n) is 2.02. The summed E-state index contributed by atoms with van der Waals surface area (Å²) in [5, 5.41) is -1.26. The van der Waals surface area contributed by atoms with E-state index in [4.69, 9.17) is 5.73 Å². The first-order valence-corrected chi connectivity index (χ1v) is 6.53. The summed E-state index contributed by atoms with van der Waals surface area (Å²) < 4.78 is 29.3.